The van der Waals surface area contributed by atoms with E-state index in [0.29, 0.717) is 5.95 Å². The van der Waals surface area contributed by atoms with E-state index in [1.54, 1.807) is 0 Å². The molecule has 100 valence electrons. The van der Waals surface area contributed by atoms with Gasteiger partial charge in [0, 0.05) is 18.6 Å². The van der Waals surface area contributed by atoms with Crippen LogP contribution in [0.15, 0.2) is 0 Å². The number of rotatable bonds is 3. The van der Waals surface area contributed by atoms with Gasteiger partial charge in [0.2, 0.25) is 11.2 Å². The number of piperidine rings is 1. The molecule has 1 aliphatic heterocycles. The molecule has 1 aliphatic rings. The molecule has 1 saturated heterocycles. The number of ether oxygens (including phenoxy) is 1. The van der Waals surface area contributed by atoms with Gasteiger partial charge >= 0.3 is 6.01 Å². The molecule has 0 aliphatic carbocycles. The molecular weight excluding hydrogens is 254 g/mol. The zero-order chi connectivity index (χ0) is 13.1. The largest absolute Gasteiger partial charge is 0.467 e. The van der Waals surface area contributed by atoms with Gasteiger partial charge < -0.3 is 15.4 Å². The highest BCUT2D eigenvalue weighted by molar-refractivity contribution is 6.28. The molecule has 0 saturated carbocycles. The van der Waals surface area contributed by atoms with Crippen molar-refractivity contribution in [3.8, 4) is 6.01 Å². The van der Waals surface area contributed by atoms with Gasteiger partial charge in [-0.2, -0.15) is 15.0 Å². The van der Waals surface area contributed by atoms with Gasteiger partial charge in [0.05, 0.1) is 7.11 Å². The summed E-state index contributed by atoms with van der Waals surface area (Å²) in [5, 5.41) is 0.144. The third kappa shape index (κ3) is 2.81. The van der Waals surface area contributed by atoms with Crippen LogP contribution in [-0.4, -0.2) is 40.7 Å². The molecule has 0 amide bonds. The summed E-state index contributed by atoms with van der Waals surface area (Å²) in [6.45, 7) is 2.89. The Kier molecular flexibility index (Phi) is 4.19. The normalized spacial score (nSPS) is 21.8. The van der Waals surface area contributed by atoms with Crippen molar-refractivity contribution in [1.82, 2.24) is 15.0 Å². The number of anilines is 1. The second-order valence-electron chi connectivity index (χ2n) is 4.51. The van der Waals surface area contributed by atoms with Crippen molar-refractivity contribution in [1.29, 1.82) is 0 Å². The third-order valence-corrected chi connectivity index (χ3v) is 3.34. The molecular formula is C11H18ClN5O. The molecule has 2 unspecified atom stereocenters. The number of methoxy groups -OCH3 is 1. The van der Waals surface area contributed by atoms with Crippen LogP contribution < -0.4 is 15.4 Å². The smallest absolute Gasteiger partial charge is 0.322 e. The molecule has 0 radical (unpaired) electrons. The summed E-state index contributed by atoms with van der Waals surface area (Å²) in [6.07, 6.45) is 3.33. The molecule has 7 heteroatoms. The van der Waals surface area contributed by atoms with E-state index in [0.717, 1.165) is 19.4 Å². The van der Waals surface area contributed by atoms with Crippen molar-refractivity contribution in [2.45, 2.75) is 38.3 Å². The Morgan fingerprint density at radius 1 is 1.39 bits per heavy atom. The number of nitrogens with zero attached hydrogens (tertiary/aromatic N) is 4. The second kappa shape index (κ2) is 5.67. The number of halogens is 1. The Balaban J connectivity index is 2.30. The van der Waals surface area contributed by atoms with E-state index in [1.165, 1.54) is 13.5 Å². The predicted octanol–water partition coefficient (Wildman–Crippen LogP) is 1.24. The van der Waals surface area contributed by atoms with Crippen molar-refractivity contribution in [2.75, 3.05) is 18.6 Å². The van der Waals surface area contributed by atoms with Crippen molar-refractivity contribution < 1.29 is 4.74 Å². The van der Waals surface area contributed by atoms with Crippen LogP contribution in [-0.2, 0) is 0 Å². The van der Waals surface area contributed by atoms with E-state index in [-0.39, 0.29) is 23.4 Å². The number of hydrogen-bond donors (Lipinski definition) is 1. The van der Waals surface area contributed by atoms with E-state index in [2.05, 4.69) is 19.9 Å². The van der Waals surface area contributed by atoms with Crippen LogP contribution in [0.25, 0.3) is 0 Å². The molecule has 18 heavy (non-hydrogen) atoms. The van der Waals surface area contributed by atoms with Gasteiger partial charge in [-0.25, -0.2) is 0 Å². The highest BCUT2D eigenvalue weighted by atomic mass is 35.5. The van der Waals surface area contributed by atoms with E-state index in [1.807, 2.05) is 6.92 Å². The fourth-order valence-electron chi connectivity index (χ4n) is 2.29. The zero-order valence-electron chi connectivity index (χ0n) is 10.6. The lowest BCUT2D eigenvalue weighted by atomic mass is 9.97. The highest BCUT2D eigenvalue weighted by Crippen LogP contribution is 2.25. The van der Waals surface area contributed by atoms with Crippen molar-refractivity contribution >= 4 is 17.5 Å². The van der Waals surface area contributed by atoms with E-state index in [4.69, 9.17) is 22.1 Å². The zero-order valence-corrected chi connectivity index (χ0v) is 11.4. The van der Waals surface area contributed by atoms with E-state index in [9.17, 15) is 0 Å². The first-order chi connectivity index (χ1) is 8.61. The fraction of sp³-hybridized carbons (Fsp3) is 0.727. The van der Waals surface area contributed by atoms with Gasteiger partial charge in [-0.05, 0) is 37.8 Å². The van der Waals surface area contributed by atoms with Crippen molar-refractivity contribution in [2.24, 2.45) is 5.73 Å². The minimum atomic E-state index is 0.0619. The second-order valence-corrected chi connectivity index (χ2v) is 4.84. The van der Waals surface area contributed by atoms with Crippen LogP contribution in [0.4, 0.5) is 5.95 Å². The summed E-state index contributed by atoms with van der Waals surface area (Å²) in [7, 11) is 1.51. The lowest BCUT2D eigenvalue weighted by Gasteiger charge is -2.37. The van der Waals surface area contributed by atoms with Crippen LogP contribution in [0.3, 0.4) is 0 Å². The van der Waals surface area contributed by atoms with Crippen LogP contribution >= 0.6 is 11.6 Å². The number of hydrogen-bond acceptors (Lipinski definition) is 6. The first-order valence-electron chi connectivity index (χ1n) is 6.09. The minimum Gasteiger partial charge on any atom is -0.467 e. The average molecular weight is 272 g/mol. The molecule has 1 fully saturated rings. The SMILES string of the molecule is COc1nc(Cl)nc(N2CCCCC2C(C)N)n1. The molecule has 6 nitrogen and oxygen atoms in total. The molecule has 1 aromatic heterocycles. The summed E-state index contributed by atoms with van der Waals surface area (Å²) in [6, 6.07) is 0.535. The van der Waals surface area contributed by atoms with Gasteiger partial charge in [0.25, 0.3) is 0 Å². The summed E-state index contributed by atoms with van der Waals surface area (Å²) in [4.78, 5) is 14.4. The highest BCUT2D eigenvalue weighted by Gasteiger charge is 2.28. The number of aromatic nitrogens is 3. The first-order valence-corrected chi connectivity index (χ1v) is 6.47. The Hall–Kier alpha value is -1.14. The van der Waals surface area contributed by atoms with Crippen LogP contribution in [0.5, 0.6) is 6.01 Å². The third-order valence-electron chi connectivity index (χ3n) is 3.17. The maximum Gasteiger partial charge on any atom is 0.322 e. The molecule has 0 spiro atoms. The van der Waals surface area contributed by atoms with Crippen molar-refractivity contribution in [3.05, 3.63) is 5.28 Å². The number of nitrogens with two attached hydrogens (primary N) is 1. The Morgan fingerprint density at radius 2 is 2.17 bits per heavy atom. The van der Waals surface area contributed by atoms with Gasteiger partial charge in [0.15, 0.2) is 0 Å². The van der Waals surface area contributed by atoms with E-state index >= 15 is 0 Å². The molecule has 2 atom stereocenters. The van der Waals surface area contributed by atoms with Gasteiger partial charge in [-0.15, -0.1) is 0 Å². The Labute approximate surface area is 112 Å². The molecule has 2 N–H and O–H groups in total. The first kappa shape index (κ1) is 13.3. The van der Waals surface area contributed by atoms with Gasteiger partial charge in [0.1, 0.15) is 0 Å². The molecule has 1 aromatic rings. The standard InChI is InChI=1S/C11H18ClN5O/c1-7(13)8-5-3-4-6-17(8)10-14-9(12)15-11(16-10)18-2/h7-8H,3-6,13H2,1-2H3. The summed E-state index contributed by atoms with van der Waals surface area (Å²) < 4.78 is 5.02. The maximum absolute atomic E-state index is 6.03. The lowest BCUT2D eigenvalue weighted by Crippen LogP contribution is -2.50. The Bertz CT molecular complexity index is 414. The molecule has 2 rings (SSSR count). The fourth-order valence-corrected chi connectivity index (χ4v) is 2.44. The summed E-state index contributed by atoms with van der Waals surface area (Å²) in [5.74, 6) is 0.550. The summed E-state index contributed by atoms with van der Waals surface area (Å²) >= 11 is 5.88. The molecule has 0 aromatic carbocycles. The minimum absolute atomic E-state index is 0.0619. The van der Waals surface area contributed by atoms with Gasteiger partial charge in [-0.3, -0.25) is 0 Å². The van der Waals surface area contributed by atoms with Crippen LogP contribution in [0, 0.1) is 0 Å². The topological polar surface area (TPSA) is 77.2 Å². The van der Waals surface area contributed by atoms with Crippen LogP contribution in [0.1, 0.15) is 26.2 Å². The Morgan fingerprint density at radius 3 is 2.83 bits per heavy atom. The summed E-state index contributed by atoms with van der Waals surface area (Å²) in [5.41, 5.74) is 6.03. The van der Waals surface area contributed by atoms with Crippen molar-refractivity contribution in [3.63, 3.8) is 0 Å². The molecule has 0 bridgehead atoms. The quantitative estimate of drug-likeness (QED) is 0.891. The van der Waals surface area contributed by atoms with E-state index < -0.39 is 0 Å². The maximum atomic E-state index is 6.03. The predicted molar refractivity (Wildman–Crippen MR) is 70.0 cm³/mol. The van der Waals surface area contributed by atoms with Gasteiger partial charge in [-0.1, -0.05) is 0 Å². The average Bonchev–Trinajstić information content (AvgIpc) is 2.38. The van der Waals surface area contributed by atoms with Crippen LogP contribution in [0.2, 0.25) is 5.28 Å². The monoisotopic (exact) mass is 271 g/mol. The lowest BCUT2D eigenvalue weighted by molar-refractivity contribution is 0.371. The molecule has 2 heterocycles.